The summed E-state index contributed by atoms with van der Waals surface area (Å²) in [6.45, 7) is 5.71. The van der Waals surface area contributed by atoms with Gasteiger partial charge in [0.2, 0.25) is 0 Å². The summed E-state index contributed by atoms with van der Waals surface area (Å²) in [4.78, 5) is 24.4. The molecule has 102 valence electrons. The van der Waals surface area contributed by atoms with Crippen molar-refractivity contribution in [1.29, 1.82) is 0 Å². The molecule has 0 aliphatic carbocycles. The maximum absolute atomic E-state index is 12.4. The predicted molar refractivity (Wildman–Crippen MR) is 71.9 cm³/mol. The van der Waals surface area contributed by atoms with Crippen LogP contribution < -0.4 is 0 Å². The van der Waals surface area contributed by atoms with E-state index < -0.39 is 4.92 Å². The van der Waals surface area contributed by atoms with Crippen molar-refractivity contribution in [3.63, 3.8) is 0 Å². The quantitative estimate of drug-likeness (QED) is 0.608. The van der Waals surface area contributed by atoms with Gasteiger partial charge in [-0.05, 0) is 24.3 Å². The third kappa shape index (κ3) is 3.10. The van der Waals surface area contributed by atoms with Crippen molar-refractivity contribution < 1.29 is 9.72 Å². The van der Waals surface area contributed by atoms with Crippen LogP contribution in [-0.4, -0.2) is 28.8 Å². The molecule has 0 bridgehead atoms. The van der Waals surface area contributed by atoms with Crippen molar-refractivity contribution in [2.75, 3.05) is 13.1 Å². The number of amides is 1. The van der Waals surface area contributed by atoms with E-state index in [1.807, 2.05) is 0 Å². The Morgan fingerprint density at radius 1 is 1.32 bits per heavy atom. The molecule has 0 saturated carbocycles. The first kappa shape index (κ1) is 13.5. The minimum absolute atomic E-state index is 0.0380. The fourth-order valence-electron chi connectivity index (χ4n) is 2.76. The first-order valence-corrected chi connectivity index (χ1v) is 6.51. The molecule has 19 heavy (non-hydrogen) atoms. The summed E-state index contributed by atoms with van der Waals surface area (Å²) in [6.07, 6.45) is 1.12. The van der Waals surface area contributed by atoms with Crippen molar-refractivity contribution in [2.24, 2.45) is 11.8 Å². The molecule has 0 spiro atoms. The first-order valence-electron chi connectivity index (χ1n) is 6.51. The molecule has 0 N–H and O–H groups in total. The van der Waals surface area contributed by atoms with Crippen LogP contribution in [0.4, 0.5) is 5.69 Å². The summed E-state index contributed by atoms with van der Waals surface area (Å²) in [6, 6.07) is 5.95. The Labute approximate surface area is 112 Å². The molecule has 2 atom stereocenters. The Balaban J connectivity index is 2.19. The van der Waals surface area contributed by atoms with Gasteiger partial charge in [-0.25, -0.2) is 0 Å². The number of benzene rings is 1. The smallest absolute Gasteiger partial charge is 0.270 e. The molecule has 0 unspecified atom stereocenters. The van der Waals surface area contributed by atoms with E-state index in [0.29, 0.717) is 17.4 Å². The van der Waals surface area contributed by atoms with E-state index in [1.165, 1.54) is 12.1 Å². The van der Waals surface area contributed by atoms with Crippen molar-refractivity contribution >= 4 is 11.6 Å². The van der Waals surface area contributed by atoms with Crippen LogP contribution in [-0.2, 0) is 0 Å². The maximum atomic E-state index is 12.4. The normalized spacial score (nSPS) is 23.2. The molecule has 0 radical (unpaired) electrons. The lowest BCUT2D eigenvalue weighted by atomic mass is 9.91. The zero-order chi connectivity index (χ0) is 14.0. The largest absolute Gasteiger partial charge is 0.338 e. The van der Waals surface area contributed by atoms with E-state index in [9.17, 15) is 14.9 Å². The van der Waals surface area contributed by atoms with Crippen LogP contribution in [0, 0.1) is 22.0 Å². The summed E-state index contributed by atoms with van der Waals surface area (Å²) >= 11 is 0. The number of piperidine rings is 1. The van der Waals surface area contributed by atoms with Gasteiger partial charge in [-0.3, -0.25) is 14.9 Å². The third-order valence-electron chi connectivity index (χ3n) is 3.46. The molecule has 1 aromatic rings. The van der Waals surface area contributed by atoms with Gasteiger partial charge in [0.1, 0.15) is 0 Å². The van der Waals surface area contributed by atoms with Crippen LogP contribution in [0.5, 0.6) is 0 Å². The number of rotatable bonds is 2. The lowest BCUT2D eigenvalue weighted by Gasteiger charge is -2.35. The Morgan fingerprint density at radius 2 is 1.95 bits per heavy atom. The molecular weight excluding hydrogens is 244 g/mol. The molecule has 1 heterocycles. The first-order chi connectivity index (χ1) is 8.97. The molecular formula is C14H18N2O3. The summed E-state index contributed by atoms with van der Waals surface area (Å²) in [7, 11) is 0. The molecule has 1 saturated heterocycles. The summed E-state index contributed by atoms with van der Waals surface area (Å²) in [5.41, 5.74) is 0.361. The third-order valence-corrected chi connectivity index (χ3v) is 3.46. The average Bonchev–Trinajstić information content (AvgIpc) is 2.37. The molecule has 1 aromatic carbocycles. The number of nitro groups is 1. The van der Waals surface area contributed by atoms with Gasteiger partial charge in [0, 0.05) is 30.8 Å². The molecule has 1 fully saturated rings. The second-order valence-electron chi connectivity index (χ2n) is 5.46. The SMILES string of the molecule is C[C@@H]1C[C@H](C)CN(C(=O)c2cccc([N+](=O)[O-])c2)C1. The van der Waals surface area contributed by atoms with E-state index in [1.54, 1.807) is 17.0 Å². The van der Waals surface area contributed by atoms with Gasteiger partial charge < -0.3 is 4.90 Å². The van der Waals surface area contributed by atoms with E-state index in [4.69, 9.17) is 0 Å². The fraction of sp³-hybridized carbons (Fsp3) is 0.500. The molecule has 5 heteroatoms. The zero-order valence-electron chi connectivity index (χ0n) is 11.2. The lowest BCUT2D eigenvalue weighted by molar-refractivity contribution is -0.384. The number of nitro benzene ring substituents is 1. The van der Waals surface area contributed by atoms with Gasteiger partial charge in [0.05, 0.1) is 4.92 Å². The maximum Gasteiger partial charge on any atom is 0.270 e. The highest BCUT2D eigenvalue weighted by atomic mass is 16.6. The van der Waals surface area contributed by atoms with Crippen LogP contribution in [0.2, 0.25) is 0 Å². The number of hydrogen-bond donors (Lipinski definition) is 0. The topological polar surface area (TPSA) is 63.5 Å². The molecule has 0 aromatic heterocycles. The highest BCUT2D eigenvalue weighted by molar-refractivity contribution is 5.94. The highest BCUT2D eigenvalue weighted by Crippen LogP contribution is 2.23. The van der Waals surface area contributed by atoms with Gasteiger partial charge in [-0.15, -0.1) is 0 Å². The number of carbonyl (C=O) groups is 1. The average molecular weight is 262 g/mol. The van der Waals surface area contributed by atoms with Gasteiger partial charge in [-0.2, -0.15) is 0 Å². The van der Waals surface area contributed by atoms with E-state index >= 15 is 0 Å². The summed E-state index contributed by atoms with van der Waals surface area (Å²) in [5, 5.41) is 10.7. The van der Waals surface area contributed by atoms with E-state index in [-0.39, 0.29) is 11.6 Å². The van der Waals surface area contributed by atoms with E-state index in [0.717, 1.165) is 19.5 Å². The van der Waals surface area contributed by atoms with Gasteiger partial charge in [0.15, 0.2) is 0 Å². The van der Waals surface area contributed by atoms with Crippen LogP contribution in [0.15, 0.2) is 24.3 Å². The Morgan fingerprint density at radius 3 is 2.53 bits per heavy atom. The summed E-state index contributed by atoms with van der Waals surface area (Å²) < 4.78 is 0. The van der Waals surface area contributed by atoms with Crippen molar-refractivity contribution in [3.05, 3.63) is 39.9 Å². The molecule has 2 rings (SSSR count). The molecule has 1 amide bonds. The van der Waals surface area contributed by atoms with Crippen LogP contribution in [0.3, 0.4) is 0 Å². The van der Waals surface area contributed by atoms with Crippen LogP contribution in [0.25, 0.3) is 0 Å². The van der Waals surface area contributed by atoms with Gasteiger partial charge in [0.25, 0.3) is 11.6 Å². The molecule has 1 aliphatic rings. The van der Waals surface area contributed by atoms with Crippen LogP contribution >= 0.6 is 0 Å². The lowest BCUT2D eigenvalue weighted by Crippen LogP contribution is -2.42. The zero-order valence-corrected chi connectivity index (χ0v) is 11.2. The summed E-state index contributed by atoms with van der Waals surface area (Å²) in [5.74, 6) is 0.847. The fourth-order valence-corrected chi connectivity index (χ4v) is 2.76. The number of non-ortho nitro benzene ring substituents is 1. The van der Waals surface area contributed by atoms with Gasteiger partial charge in [-0.1, -0.05) is 19.9 Å². The standard InChI is InChI=1S/C14H18N2O3/c1-10-6-11(2)9-15(8-10)14(17)12-4-3-5-13(7-12)16(18)19/h3-5,7,10-11H,6,8-9H2,1-2H3/t10-,11+. The van der Waals surface area contributed by atoms with Crippen molar-refractivity contribution in [2.45, 2.75) is 20.3 Å². The number of carbonyl (C=O) groups excluding carboxylic acids is 1. The Hall–Kier alpha value is -1.91. The predicted octanol–water partition coefficient (Wildman–Crippen LogP) is 2.71. The minimum atomic E-state index is -0.474. The van der Waals surface area contributed by atoms with Crippen LogP contribution in [0.1, 0.15) is 30.6 Å². The number of likely N-dealkylation sites (tertiary alicyclic amines) is 1. The number of hydrogen-bond acceptors (Lipinski definition) is 3. The Kier molecular flexibility index (Phi) is 3.83. The monoisotopic (exact) mass is 262 g/mol. The van der Waals surface area contributed by atoms with Crippen molar-refractivity contribution in [3.8, 4) is 0 Å². The highest BCUT2D eigenvalue weighted by Gasteiger charge is 2.26. The molecule has 5 nitrogen and oxygen atoms in total. The second kappa shape index (κ2) is 5.38. The van der Waals surface area contributed by atoms with E-state index in [2.05, 4.69) is 13.8 Å². The Bertz CT molecular complexity index is 491. The number of nitrogens with zero attached hydrogens (tertiary/aromatic N) is 2. The molecule has 1 aliphatic heterocycles. The van der Waals surface area contributed by atoms with Gasteiger partial charge >= 0.3 is 0 Å². The minimum Gasteiger partial charge on any atom is -0.338 e. The van der Waals surface area contributed by atoms with Crippen molar-refractivity contribution in [1.82, 2.24) is 4.90 Å². The second-order valence-corrected chi connectivity index (χ2v) is 5.46.